The molecular weight excluding hydrogens is 356 g/mol. The first-order valence-electron chi connectivity index (χ1n) is 12.5. The molecule has 1 atom stereocenters. The highest BCUT2D eigenvalue weighted by atomic mass is 15.3. The number of piperidine rings is 1. The summed E-state index contributed by atoms with van der Waals surface area (Å²) in [4.78, 5) is 10.9. The van der Waals surface area contributed by atoms with Gasteiger partial charge in [-0.3, -0.25) is 9.80 Å². The molecule has 4 saturated heterocycles. The van der Waals surface area contributed by atoms with Crippen LogP contribution >= 0.6 is 0 Å². The van der Waals surface area contributed by atoms with Crippen molar-refractivity contribution < 1.29 is 0 Å². The summed E-state index contributed by atoms with van der Waals surface area (Å²) in [7, 11) is 0. The van der Waals surface area contributed by atoms with Crippen LogP contribution in [-0.2, 0) is 0 Å². The van der Waals surface area contributed by atoms with Gasteiger partial charge in [0, 0.05) is 61.8 Å². The van der Waals surface area contributed by atoms with Crippen LogP contribution in [0, 0.1) is 10.8 Å². The molecule has 4 aliphatic rings. The fourth-order valence-corrected chi connectivity index (χ4v) is 6.80. The van der Waals surface area contributed by atoms with Crippen LogP contribution in [0.3, 0.4) is 0 Å². The van der Waals surface area contributed by atoms with Crippen LogP contribution in [-0.4, -0.2) is 95.6 Å². The van der Waals surface area contributed by atoms with Gasteiger partial charge in [-0.05, 0) is 99.2 Å². The summed E-state index contributed by atoms with van der Waals surface area (Å²) in [6.45, 7) is 27.5. The summed E-state index contributed by atoms with van der Waals surface area (Å²) in [5.74, 6) is 0. The highest BCUT2D eigenvalue weighted by Gasteiger charge is 2.52. The third-order valence-electron chi connectivity index (χ3n) is 9.19. The van der Waals surface area contributed by atoms with Crippen LogP contribution in [0.4, 0.5) is 0 Å². The van der Waals surface area contributed by atoms with Crippen molar-refractivity contribution in [2.45, 2.75) is 97.8 Å². The second kappa shape index (κ2) is 7.76. The zero-order chi connectivity index (χ0) is 21.0. The minimum absolute atomic E-state index is 0.336. The van der Waals surface area contributed by atoms with Gasteiger partial charge in [0.1, 0.15) is 0 Å². The van der Waals surface area contributed by atoms with Crippen LogP contribution < -0.4 is 0 Å². The van der Waals surface area contributed by atoms with Crippen molar-refractivity contribution in [3.8, 4) is 0 Å². The second-order valence-electron chi connectivity index (χ2n) is 12.6. The predicted molar refractivity (Wildman–Crippen MR) is 123 cm³/mol. The maximum Gasteiger partial charge on any atom is 0.0168 e. The lowest BCUT2D eigenvalue weighted by atomic mass is 9.69. The van der Waals surface area contributed by atoms with Crippen LogP contribution in [0.25, 0.3) is 0 Å². The Balaban J connectivity index is 1.22. The van der Waals surface area contributed by atoms with Crippen LogP contribution in [0.2, 0.25) is 0 Å². The van der Waals surface area contributed by atoms with Gasteiger partial charge in [0.05, 0.1) is 0 Å². The van der Waals surface area contributed by atoms with Gasteiger partial charge in [-0.1, -0.05) is 0 Å². The smallest absolute Gasteiger partial charge is 0.0168 e. The molecule has 4 heterocycles. The lowest BCUT2D eigenvalue weighted by Gasteiger charge is -2.60. The fraction of sp³-hybridized carbons (Fsp3) is 1.00. The first-order valence-corrected chi connectivity index (χ1v) is 12.5. The van der Waals surface area contributed by atoms with E-state index in [2.05, 4.69) is 68.1 Å². The average molecular weight is 405 g/mol. The highest BCUT2D eigenvalue weighted by Crippen LogP contribution is 2.46. The average Bonchev–Trinajstić information content (AvgIpc) is 3.04. The number of likely N-dealkylation sites (tertiary alicyclic amines) is 4. The molecule has 0 amide bonds. The number of rotatable bonds is 6. The fourth-order valence-electron chi connectivity index (χ4n) is 6.80. The maximum atomic E-state index is 2.81. The SMILES string of the molecule is CC(C)N1CCC2(CC1)CN(C(C)(C)CC(C)N1CC3(CCN(C(C)C)C3)C1)C2. The molecule has 1 unspecified atom stereocenters. The Labute approximate surface area is 181 Å². The Kier molecular flexibility index (Phi) is 5.90. The van der Waals surface area contributed by atoms with Gasteiger partial charge in [0.2, 0.25) is 0 Å². The molecule has 0 saturated carbocycles. The number of hydrogen-bond acceptors (Lipinski definition) is 4. The molecule has 0 radical (unpaired) electrons. The summed E-state index contributed by atoms with van der Waals surface area (Å²) in [6, 6.07) is 2.14. The van der Waals surface area contributed by atoms with Crippen LogP contribution in [0.5, 0.6) is 0 Å². The maximum absolute atomic E-state index is 2.81. The molecular formula is C25H48N4. The summed E-state index contributed by atoms with van der Waals surface area (Å²) < 4.78 is 0. The van der Waals surface area contributed by atoms with E-state index in [1.165, 1.54) is 78.0 Å². The molecule has 2 spiro atoms. The second-order valence-corrected chi connectivity index (χ2v) is 12.6. The summed E-state index contributed by atoms with van der Waals surface area (Å²) in [5.41, 5.74) is 1.59. The van der Waals surface area contributed by atoms with Gasteiger partial charge in [-0.2, -0.15) is 0 Å². The minimum atomic E-state index is 0.336. The van der Waals surface area contributed by atoms with Crippen molar-refractivity contribution in [2.24, 2.45) is 10.8 Å². The Morgan fingerprint density at radius 2 is 1.14 bits per heavy atom. The Morgan fingerprint density at radius 1 is 0.655 bits per heavy atom. The van der Waals surface area contributed by atoms with Gasteiger partial charge in [0.15, 0.2) is 0 Å². The van der Waals surface area contributed by atoms with Crippen molar-refractivity contribution >= 4 is 0 Å². The molecule has 29 heavy (non-hydrogen) atoms. The molecule has 0 aromatic carbocycles. The van der Waals surface area contributed by atoms with E-state index in [1.807, 2.05) is 0 Å². The Bertz CT molecular complexity index is 561. The molecule has 4 rings (SSSR count). The minimum Gasteiger partial charge on any atom is -0.301 e. The highest BCUT2D eigenvalue weighted by molar-refractivity contribution is 5.06. The zero-order valence-electron chi connectivity index (χ0n) is 20.5. The van der Waals surface area contributed by atoms with Crippen molar-refractivity contribution in [3.05, 3.63) is 0 Å². The van der Waals surface area contributed by atoms with E-state index >= 15 is 0 Å². The molecule has 4 fully saturated rings. The molecule has 0 aliphatic carbocycles. The van der Waals surface area contributed by atoms with E-state index < -0.39 is 0 Å². The Hall–Kier alpha value is -0.160. The molecule has 0 aromatic heterocycles. The van der Waals surface area contributed by atoms with E-state index in [-0.39, 0.29) is 0 Å². The predicted octanol–water partition coefficient (Wildman–Crippen LogP) is 3.77. The van der Waals surface area contributed by atoms with Crippen LogP contribution in [0.1, 0.15) is 74.1 Å². The largest absolute Gasteiger partial charge is 0.301 e. The van der Waals surface area contributed by atoms with E-state index in [9.17, 15) is 0 Å². The van der Waals surface area contributed by atoms with Crippen molar-refractivity contribution in [3.63, 3.8) is 0 Å². The standard InChI is InChI=1S/C25H48N4/c1-20(2)26-11-8-24(9-12-26)18-29(19-24)23(6,7)14-22(5)28-16-25(17-28)10-13-27(15-25)21(3)4/h20-22H,8-19H2,1-7H3. The Morgan fingerprint density at radius 3 is 1.66 bits per heavy atom. The van der Waals surface area contributed by atoms with Crippen molar-refractivity contribution in [1.82, 2.24) is 19.6 Å². The summed E-state index contributed by atoms with van der Waals surface area (Å²) >= 11 is 0. The third kappa shape index (κ3) is 4.29. The molecule has 4 nitrogen and oxygen atoms in total. The quantitative estimate of drug-likeness (QED) is 0.668. The molecule has 0 N–H and O–H groups in total. The number of hydrogen-bond donors (Lipinski definition) is 0. The van der Waals surface area contributed by atoms with Crippen molar-refractivity contribution in [2.75, 3.05) is 52.4 Å². The normalized spacial score (nSPS) is 29.7. The zero-order valence-corrected chi connectivity index (χ0v) is 20.5. The summed E-state index contributed by atoms with van der Waals surface area (Å²) in [6.07, 6.45) is 5.55. The van der Waals surface area contributed by atoms with Gasteiger partial charge in [0.25, 0.3) is 0 Å². The lowest BCUT2D eigenvalue weighted by molar-refractivity contribution is -0.111. The van der Waals surface area contributed by atoms with Gasteiger partial charge in [-0.15, -0.1) is 0 Å². The van der Waals surface area contributed by atoms with Gasteiger partial charge >= 0.3 is 0 Å². The molecule has 0 aromatic rings. The first kappa shape index (κ1) is 22.0. The third-order valence-corrected chi connectivity index (χ3v) is 9.19. The van der Waals surface area contributed by atoms with E-state index in [0.29, 0.717) is 34.5 Å². The molecule has 4 aliphatic heterocycles. The van der Waals surface area contributed by atoms with Gasteiger partial charge < -0.3 is 9.80 Å². The van der Waals surface area contributed by atoms with E-state index in [4.69, 9.17) is 0 Å². The topological polar surface area (TPSA) is 13.0 Å². The van der Waals surface area contributed by atoms with Crippen molar-refractivity contribution in [1.29, 1.82) is 0 Å². The first-order chi connectivity index (χ1) is 13.5. The molecule has 0 bridgehead atoms. The van der Waals surface area contributed by atoms with Crippen LogP contribution in [0.15, 0.2) is 0 Å². The van der Waals surface area contributed by atoms with E-state index in [0.717, 1.165) is 0 Å². The summed E-state index contributed by atoms with van der Waals surface area (Å²) in [5, 5.41) is 0. The van der Waals surface area contributed by atoms with E-state index in [1.54, 1.807) is 0 Å². The molecule has 4 heteroatoms. The number of nitrogens with zero attached hydrogens (tertiary/aromatic N) is 4. The van der Waals surface area contributed by atoms with Gasteiger partial charge in [-0.25, -0.2) is 0 Å². The monoisotopic (exact) mass is 404 g/mol. The lowest BCUT2D eigenvalue weighted by Crippen LogP contribution is -2.67. The molecule has 168 valence electrons.